The topological polar surface area (TPSA) is 41.6 Å². The monoisotopic (exact) mass is 174 g/mol. The second-order valence-electron chi connectivity index (χ2n) is 2.32. The fourth-order valence-corrected chi connectivity index (χ4v) is 0.903. The molecule has 0 heterocycles. The van der Waals surface area contributed by atoms with Gasteiger partial charge in [-0.25, -0.2) is 0 Å². The van der Waals surface area contributed by atoms with Gasteiger partial charge in [-0.3, -0.25) is 4.79 Å². The maximum absolute atomic E-state index is 11.3. The van der Waals surface area contributed by atoms with E-state index in [4.69, 9.17) is 4.84 Å². The highest BCUT2D eigenvalue weighted by molar-refractivity contribution is 5.77. The van der Waals surface area contributed by atoms with Crippen LogP contribution in [0.1, 0.15) is 20.8 Å². The summed E-state index contributed by atoms with van der Waals surface area (Å²) in [4.78, 5) is 17.9. The van der Waals surface area contributed by atoms with Crippen molar-refractivity contribution in [1.29, 1.82) is 0 Å². The Labute approximate surface area is 73.8 Å². The van der Waals surface area contributed by atoms with Crippen LogP contribution < -0.4 is 5.48 Å². The molecule has 0 saturated carbocycles. The number of nitrogens with one attached hydrogen (secondary N) is 1. The van der Waals surface area contributed by atoms with Crippen molar-refractivity contribution < 1.29 is 9.63 Å². The molecule has 0 radical (unpaired) electrons. The molecule has 0 aliphatic rings. The number of carbonyl (C=O) groups excluding carboxylic acids is 1. The van der Waals surface area contributed by atoms with E-state index >= 15 is 0 Å². The van der Waals surface area contributed by atoms with Crippen molar-refractivity contribution in [3.05, 3.63) is 0 Å². The first-order valence-electron chi connectivity index (χ1n) is 4.38. The number of amides is 1. The van der Waals surface area contributed by atoms with Gasteiger partial charge in [0.2, 0.25) is 5.91 Å². The maximum atomic E-state index is 11.3. The van der Waals surface area contributed by atoms with Crippen LogP contribution in [-0.4, -0.2) is 37.0 Å². The molecule has 0 rings (SSSR count). The number of nitrogens with zero attached hydrogens (tertiary/aromatic N) is 1. The van der Waals surface area contributed by atoms with Gasteiger partial charge in [-0.15, -0.1) is 0 Å². The highest BCUT2D eigenvalue weighted by atomic mass is 16.6. The summed E-state index contributed by atoms with van der Waals surface area (Å²) in [6, 6.07) is 0. The highest BCUT2D eigenvalue weighted by Gasteiger charge is 2.07. The van der Waals surface area contributed by atoms with Gasteiger partial charge in [-0.1, -0.05) is 0 Å². The minimum atomic E-state index is 0.0773. The van der Waals surface area contributed by atoms with Crippen molar-refractivity contribution in [3.63, 3.8) is 0 Å². The Hall–Kier alpha value is -0.610. The van der Waals surface area contributed by atoms with E-state index < -0.39 is 0 Å². The number of rotatable bonds is 6. The Morgan fingerprint density at radius 1 is 1.33 bits per heavy atom. The number of carbonyl (C=O) groups is 1. The van der Waals surface area contributed by atoms with E-state index in [1.807, 2.05) is 20.8 Å². The Bertz CT molecular complexity index is 124. The summed E-state index contributed by atoms with van der Waals surface area (Å²) >= 11 is 0. The van der Waals surface area contributed by atoms with Gasteiger partial charge in [0, 0.05) is 13.1 Å². The number of hydroxylamine groups is 1. The predicted octanol–water partition coefficient (Wildman–Crippen LogP) is 0.396. The van der Waals surface area contributed by atoms with Gasteiger partial charge in [-0.2, -0.15) is 5.48 Å². The molecule has 4 nitrogen and oxygen atoms in total. The van der Waals surface area contributed by atoms with Crippen LogP contribution in [0.5, 0.6) is 0 Å². The molecule has 0 saturated heterocycles. The highest BCUT2D eigenvalue weighted by Crippen LogP contribution is 1.86. The number of hydrogen-bond donors (Lipinski definition) is 1. The Morgan fingerprint density at radius 3 is 2.33 bits per heavy atom. The molecule has 0 spiro atoms. The van der Waals surface area contributed by atoms with Crippen LogP contribution in [0.2, 0.25) is 0 Å². The first-order valence-corrected chi connectivity index (χ1v) is 4.38. The molecule has 0 aliphatic heterocycles. The summed E-state index contributed by atoms with van der Waals surface area (Å²) in [5.74, 6) is 0.0773. The summed E-state index contributed by atoms with van der Waals surface area (Å²) in [5, 5.41) is 0. The molecule has 0 aromatic heterocycles. The van der Waals surface area contributed by atoms with Crippen LogP contribution in [0.3, 0.4) is 0 Å². The average molecular weight is 174 g/mol. The lowest BCUT2D eigenvalue weighted by atomic mass is 10.4. The van der Waals surface area contributed by atoms with Gasteiger partial charge in [0.05, 0.1) is 6.61 Å². The standard InChI is InChI=1S/C8H18N2O2/c1-4-10(5-2)8(11)7-9-12-6-3/h9H,4-7H2,1-3H3. The van der Waals surface area contributed by atoms with E-state index in [0.717, 1.165) is 13.1 Å². The SMILES string of the molecule is CCONCC(=O)N(CC)CC. The van der Waals surface area contributed by atoms with E-state index in [1.165, 1.54) is 0 Å². The van der Waals surface area contributed by atoms with E-state index in [2.05, 4.69) is 5.48 Å². The quantitative estimate of drug-likeness (QED) is 0.468. The van der Waals surface area contributed by atoms with Crippen molar-refractivity contribution >= 4 is 5.91 Å². The van der Waals surface area contributed by atoms with Crippen LogP contribution >= 0.6 is 0 Å². The van der Waals surface area contributed by atoms with Crippen molar-refractivity contribution in [2.45, 2.75) is 20.8 Å². The zero-order valence-corrected chi connectivity index (χ0v) is 8.09. The fraction of sp³-hybridized carbons (Fsp3) is 0.875. The zero-order chi connectivity index (χ0) is 9.40. The van der Waals surface area contributed by atoms with Crippen molar-refractivity contribution in [2.24, 2.45) is 0 Å². The molecule has 0 aromatic rings. The Morgan fingerprint density at radius 2 is 1.92 bits per heavy atom. The lowest BCUT2D eigenvalue weighted by Crippen LogP contribution is -2.37. The van der Waals surface area contributed by atoms with Crippen LogP contribution in [0, 0.1) is 0 Å². The van der Waals surface area contributed by atoms with E-state index in [0.29, 0.717) is 6.61 Å². The summed E-state index contributed by atoms with van der Waals surface area (Å²) in [6.07, 6.45) is 0. The molecule has 1 N–H and O–H groups in total. The lowest BCUT2D eigenvalue weighted by molar-refractivity contribution is -0.132. The second kappa shape index (κ2) is 7.06. The van der Waals surface area contributed by atoms with Crippen molar-refractivity contribution in [1.82, 2.24) is 10.4 Å². The summed E-state index contributed by atoms with van der Waals surface area (Å²) < 4.78 is 0. The minimum absolute atomic E-state index is 0.0773. The third-order valence-corrected chi connectivity index (χ3v) is 1.59. The third kappa shape index (κ3) is 4.31. The third-order valence-electron chi connectivity index (χ3n) is 1.59. The second-order valence-corrected chi connectivity index (χ2v) is 2.32. The Balaban J connectivity index is 3.54. The largest absolute Gasteiger partial charge is 0.342 e. The molecule has 0 aromatic carbocycles. The van der Waals surface area contributed by atoms with E-state index in [1.54, 1.807) is 4.90 Å². The molecule has 0 aliphatic carbocycles. The molecular formula is C8H18N2O2. The lowest BCUT2D eigenvalue weighted by Gasteiger charge is -2.18. The van der Waals surface area contributed by atoms with Crippen molar-refractivity contribution in [2.75, 3.05) is 26.2 Å². The van der Waals surface area contributed by atoms with E-state index in [-0.39, 0.29) is 12.5 Å². The average Bonchev–Trinajstić information content (AvgIpc) is 2.07. The fourth-order valence-electron chi connectivity index (χ4n) is 0.903. The van der Waals surface area contributed by atoms with E-state index in [9.17, 15) is 4.79 Å². The first-order chi connectivity index (χ1) is 5.76. The molecule has 12 heavy (non-hydrogen) atoms. The molecule has 72 valence electrons. The normalized spacial score (nSPS) is 9.92. The van der Waals surface area contributed by atoms with Crippen LogP contribution in [0.25, 0.3) is 0 Å². The summed E-state index contributed by atoms with van der Waals surface area (Å²) in [5.41, 5.74) is 2.59. The van der Waals surface area contributed by atoms with Gasteiger partial charge >= 0.3 is 0 Å². The summed E-state index contributed by atoms with van der Waals surface area (Å²) in [6.45, 7) is 8.13. The van der Waals surface area contributed by atoms with Gasteiger partial charge < -0.3 is 9.74 Å². The maximum Gasteiger partial charge on any atom is 0.238 e. The smallest absolute Gasteiger partial charge is 0.238 e. The number of hydrogen-bond acceptors (Lipinski definition) is 3. The van der Waals surface area contributed by atoms with Crippen LogP contribution in [0.15, 0.2) is 0 Å². The molecule has 1 amide bonds. The minimum Gasteiger partial charge on any atom is -0.342 e. The number of likely N-dealkylation sites (N-methyl/N-ethyl adjacent to an activating group) is 1. The molecule has 0 fully saturated rings. The van der Waals surface area contributed by atoms with Gasteiger partial charge in [-0.05, 0) is 20.8 Å². The van der Waals surface area contributed by atoms with Crippen molar-refractivity contribution in [3.8, 4) is 0 Å². The van der Waals surface area contributed by atoms with Crippen LogP contribution in [0.4, 0.5) is 0 Å². The van der Waals surface area contributed by atoms with Gasteiger partial charge in [0.15, 0.2) is 0 Å². The molecule has 0 unspecified atom stereocenters. The molecular weight excluding hydrogens is 156 g/mol. The zero-order valence-electron chi connectivity index (χ0n) is 8.09. The van der Waals surface area contributed by atoms with Crippen LogP contribution in [-0.2, 0) is 9.63 Å². The molecule has 0 atom stereocenters. The van der Waals surface area contributed by atoms with Gasteiger partial charge in [0.25, 0.3) is 0 Å². The predicted molar refractivity (Wildman–Crippen MR) is 47.6 cm³/mol. The van der Waals surface area contributed by atoms with Gasteiger partial charge in [0.1, 0.15) is 6.54 Å². The molecule has 4 heteroatoms. The Kier molecular flexibility index (Phi) is 6.70. The first kappa shape index (κ1) is 11.4. The summed E-state index contributed by atoms with van der Waals surface area (Å²) in [7, 11) is 0. The molecule has 0 bridgehead atoms.